The fourth-order valence-electron chi connectivity index (χ4n) is 0.243. The van der Waals surface area contributed by atoms with Crippen LogP contribution in [0.5, 0.6) is 0 Å². The number of nitrogens with two attached hydrogens (primary N) is 1. The number of hydrogen-bond acceptors (Lipinski definition) is 4. The van der Waals surface area contributed by atoms with Crippen LogP contribution >= 0.6 is 0 Å². The standard InChI is InChI=1S/C7H8O4.C3H5NO/c1-4(2)7(10)11-5(3)6(8)9;1-2-3(4)5/h1,3H2,2H3,(H,8,9);2H,1H2,(H2,4,5). The number of esters is 1. The first-order valence-corrected chi connectivity index (χ1v) is 3.94. The largest absolute Gasteiger partial charge is 0.475 e. The van der Waals surface area contributed by atoms with Crippen LogP contribution in [0.2, 0.25) is 0 Å². The molecule has 16 heavy (non-hydrogen) atoms. The molecule has 0 saturated heterocycles. The van der Waals surface area contributed by atoms with Gasteiger partial charge in [0.25, 0.3) is 0 Å². The molecule has 6 heteroatoms. The summed E-state index contributed by atoms with van der Waals surface area (Å²) in [5, 5.41) is 8.21. The van der Waals surface area contributed by atoms with Crippen molar-refractivity contribution < 1.29 is 24.2 Å². The molecule has 0 spiro atoms. The van der Waals surface area contributed by atoms with Crippen LogP contribution in [0.1, 0.15) is 6.92 Å². The van der Waals surface area contributed by atoms with Gasteiger partial charge in [-0.1, -0.05) is 13.2 Å². The average Bonchev–Trinajstić information content (AvgIpc) is 2.18. The molecule has 6 nitrogen and oxygen atoms in total. The summed E-state index contributed by atoms with van der Waals surface area (Å²) in [6.07, 6.45) is 1.06. The summed E-state index contributed by atoms with van der Waals surface area (Å²) in [5.74, 6) is -3.22. The van der Waals surface area contributed by atoms with Crippen LogP contribution in [-0.2, 0) is 19.1 Å². The number of hydrogen-bond donors (Lipinski definition) is 2. The lowest BCUT2D eigenvalue weighted by atomic mass is 10.4. The maximum atomic E-state index is 10.6. The zero-order chi connectivity index (χ0) is 13.3. The van der Waals surface area contributed by atoms with Gasteiger partial charge in [0.1, 0.15) is 0 Å². The van der Waals surface area contributed by atoms with E-state index in [0.717, 1.165) is 6.08 Å². The lowest BCUT2D eigenvalue weighted by Crippen LogP contribution is -2.10. The Morgan fingerprint density at radius 2 is 1.69 bits per heavy atom. The number of ether oxygens (including phenoxy) is 1. The predicted molar refractivity (Wildman–Crippen MR) is 57.1 cm³/mol. The van der Waals surface area contributed by atoms with E-state index in [1.165, 1.54) is 6.92 Å². The van der Waals surface area contributed by atoms with Crippen LogP contribution in [0.25, 0.3) is 0 Å². The van der Waals surface area contributed by atoms with E-state index in [-0.39, 0.29) is 5.57 Å². The molecular weight excluding hydrogens is 214 g/mol. The van der Waals surface area contributed by atoms with Crippen LogP contribution < -0.4 is 5.73 Å². The Morgan fingerprint density at radius 3 is 1.88 bits per heavy atom. The van der Waals surface area contributed by atoms with Crippen molar-refractivity contribution in [2.45, 2.75) is 6.92 Å². The van der Waals surface area contributed by atoms with Gasteiger partial charge < -0.3 is 15.6 Å². The molecule has 0 aromatic carbocycles. The number of primary amides is 1. The van der Waals surface area contributed by atoms with Crippen molar-refractivity contribution in [1.29, 1.82) is 0 Å². The van der Waals surface area contributed by atoms with E-state index in [2.05, 4.69) is 30.2 Å². The zero-order valence-electron chi connectivity index (χ0n) is 8.86. The molecule has 1 amide bonds. The highest BCUT2D eigenvalue weighted by Gasteiger charge is 2.11. The number of amides is 1. The zero-order valence-corrected chi connectivity index (χ0v) is 8.86. The Balaban J connectivity index is 0. The minimum atomic E-state index is -1.36. The Kier molecular flexibility index (Phi) is 8.02. The van der Waals surface area contributed by atoms with Gasteiger partial charge in [-0.2, -0.15) is 0 Å². The van der Waals surface area contributed by atoms with E-state index >= 15 is 0 Å². The van der Waals surface area contributed by atoms with Crippen molar-refractivity contribution in [2.24, 2.45) is 5.73 Å². The van der Waals surface area contributed by atoms with Crippen molar-refractivity contribution in [2.75, 3.05) is 0 Å². The van der Waals surface area contributed by atoms with Crippen LogP contribution in [0.4, 0.5) is 0 Å². The molecule has 0 aliphatic rings. The van der Waals surface area contributed by atoms with Crippen LogP contribution in [0.3, 0.4) is 0 Å². The molecule has 0 aliphatic carbocycles. The molecule has 0 radical (unpaired) electrons. The van der Waals surface area contributed by atoms with Crippen LogP contribution in [0, 0.1) is 0 Å². The molecule has 88 valence electrons. The second-order valence-corrected chi connectivity index (χ2v) is 2.50. The first kappa shape index (κ1) is 16.1. The minimum absolute atomic E-state index is 0.132. The third-order valence-corrected chi connectivity index (χ3v) is 1.00. The van der Waals surface area contributed by atoms with E-state index in [1.54, 1.807) is 0 Å². The van der Waals surface area contributed by atoms with E-state index < -0.39 is 23.6 Å². The molecule has 0 saturated carbocycles. The fraction of sp³-hybridized carbons (Fsp3) is 0.100. The number of carbonyl (C=O) groups excluding carboxylic acids is 2. The molecule has 0 heterocycles. The lowest BCUT2D eigenvalue weighted by Gasteiger charge is -2.00. The summed E-state index contributed by atoms with van der Waals surface area (Å²) in [6, 6.07) is 0. The second-order valence-electron chi connectivity index (χ2n) is 2.50. The minimum Gasteiger partial charge on any atom is -0.475 e. The van der Waals surface area contributed by atoms with Crippen molar-refractivity contribution >= 4 is 17.8 Å². The number of aliphatic carboxylic acids is 1. The normalized spacial score (nSPS) is 7.81. The van der Waals surface area contributed by atoms with Gasteiger partial charge in [-0.3, -0.25) is 4.79 Å². The van der Waals surface area contributed by atoms with Crippen LogP contribution in [0.15, 0.2) is 37.1 Å². The van der Waals surface area contributed by atoms with Gasteiger partial charge in [0.15, 0.2) is 0 Å². The van der Waals surface area contributed by atoms with Gasteiger partial charge in [0, 0.05) is 5.57 Å². The summed E-state index contributed by atoms with van der Waals surface area (Å²) in [5.41, 5.74) is 4.67. The van der Waals surface area contributed by atoms with Gasteiger partial charge in [-0.25, -0.2) is 9.59 Å². The molecule has 0 atom stereocenters. The monoisotopic (exact) mass is 227 g/mol. The van der Waals surface area contributed by atoms with Crippen molar-refractivity contribution in [3.63, 3.8) is 0 Å². The SMILES string of the molecule is C=C(C)C(=O)OC(=C)C(=O)O.C=CC(N)=O. The topological polar surface area (TPSA) is 107 Å². The maximum absolute atomic E-state index is 10.6. The molecule has 0 aromatic heterocycles. The number of carboxylic acids is 1. The summed E-state index contributed by atoms with van der Waals surface area (Å²) in [7, 11) is 0. The second kappa shape index (κ2) is 7.98. The highest BCUT2D eigenvalue weighted by atomic mass is 16.6. The number of carbonyl (C=O) groups is 3. The molecule has 0 aromatic rings. The van der Waals surface area contributed by atoms with Gasteiger partial charge in [0.2, 0.25) is 11.7 Å². The molecule has 3 N–H and O–H groups in total. The molecule has 0 aliphatic heterocycles. The van der Waals surface area contributed by atoms with Gasteiger partial charge in [-0.15, -0.1) is 0 Å². The highest BCUT2D eigenvalue weighted by Crippen LogP contribution is 1.99. The third kappa shape index (κ3) is 9.72. The molecule has 0 unspecified atom stereocenters. The molecular formula is C10H13NO5. The van der Waals surface area contributed by atoms with E-state index in [1.807, 2.05) is 0 Å². The number of rotatable bonds is 4. The quantitative estimate of drug-likeness (QED) is 0.409. The summed E-state index contributed by atoms with van der Waals surface area (Å²) in [4.78, 5) is 30.1. The Morgan fingerprint density at radius 1 is 1.31 bits per heavy atom. The maximum Gasteiger partial charge on any atom is 0.371 e. The van der Waals surface area contributed by atoms with E-state index in [9.17, 15) is 14.4 Å². The first-order valence-electron chi connectivity index (χ1n) is 3.94. The van der Waals surface area contributed by atoms with Gasteiger partial charge in [0.05, 0.1) is 0 Å². The van der Waals surface area contributed by atoms with Gasteiger partial charge >= 0.3 is 11.9 Å². The predicted octanol–water partition coefficient (Wildman–Crippen LogP) is 0.362. The van der Waals surface area contributed by atoms with E-state index in [4.69, 9.17) is 5.11 Å². The fourth-order valence-corrected chi connectivity index (χ4v) is 0.243. The summed E-state index contributed by atoms with van der Waals surface area (Å²) < 4.78 is 4.24. The van der Waals surface area contributed by atoms with Crippen molar-refractivity contribution in [1.82, 2.24) is 0 Å². The number of carboxylic acid groups (broad SMARTS) is 1. The average molecular weight is 227 g/mol. The van der Waals surface area contributed by atoms with Crippen molar-refractivity contribution in [3.05, 3.63) is 37.1 Å². The lowest BCUT2D eigenvalue weighted by molar-refractivity contribution is -0.145. The smallest absolute Gasteiger partial charge is 0.371 e. The Bertz CT molecular complexity index is 319. The third-order valence-electron chi connectivity index (χ3n) is 1.00. The summed E-state index contributed by atoms with van der Waals surface area (Å²) in [6.45, 7) is 10.8. The molecule has 0 fully saturated rings. The first-order chi connectivity index (χ1) is 7.22. The van der Waals surface area contributed by atoms with Crippen molar-refractivity contribution in [3.8, 4) is 0 Å². The highest BCUT2D eigenvalue weighted by molar-refractivity contribution is 5.93. The molecule has 0 bridgehead atoms. The molecule has 0 rings (SSSR count). The Hall–Kier alpha value is -2.37. The van der Waals surface area contributed by atoms with Crippen LogP contribution in [-0.4, -0.2) is 23.0 Å². The summed E-state index contributed by atoms with van der Waals surface area (Å²) >= 11 is 0. The van der Waals surface area contributed by atoms with E-state index in [0.29, 0.717) is 0 Å². The van der Waals surface area contributed by atoms with Gasteiger partial charge in [-0.05, 0) is 19.6 Å². The Labute approximate surface area is 92.7 Å².